The van der Waals surface area contributed by atoms with Crippen molar-refractivity contribution in [3.8, 4) is 5.75 Å². The third-order valence-electron chi connectivity index (χ3n) is 7.40. The summed E-state index contributed by atoms with van der Waals surface area (Å²) >= 11 is 6.14. The second kappa shape index (κ2) is 12.7. The fourth-order valence-corrected chi connectivity index (χ4v) is 5.40. The number of likely N-dealkylation sites (tertiary alicyclic amines) is 1. The molecule has 0 bridgehead atoms. The van der Waals surface area contributed by atoms with E-state index < -0.39 is 17.7 Å². The number of amides is 1. The van der Waals surface area contributed by atoms with Gasteiger partial charge in [0.2, 0.25) is 0 Å². The first-order valence-electron chi connectivity index (χ1n) is 13.5. The highest BCUT2D eigenvalue weighted by molar-refractivity contribution is 6.46. The molecular weight excluding hydrogens is 528 g/mol. The van der Waals surface area contributed by atoms with Crippen molar-refractivity contribution in [1.82, 2.24) is 9.80 Å². The number of aliphatic hydroxyl groups excluding tert-OH is 1. The Morgan fingerprint density at radius 2 is 1.73 bits per heavy atom. The quantitative estimate of drug-likeness (QED) is 0.215. The van der Waals surface area contributed by atoms with Gasteiger partial charge in [0, 0.05) is 36.8 Å². The predicted octanol–water partition coefficient (Wildman–Crippen LogP) is 5.37. The number of ketones is 1. The van der Waals surface area contributed by atoms with Crippen molar-refractivity contribution in [3.05, 3.63) is 106 Å². The Balaban J connectivity index is 1.42. The summed E-state index contributed by atoms with van der Waals surface area (Å²) in [4.78, 5) is 30.6. The molecular formula is C32H33ClN2O5. The number of halogens is 1. The van der Waals surface area contributed by atoms with Crippen molar-refractivity contribution in [2.24, 2.45) is 0 Å². The summed E-state index contributed by atoms with van der Waals surface area (Å²) in [7, 11) is 0. The van der Waals surface area contributed by atoms with Crippen molar-refractivity contribution in [1.29, 1.82) is 0 Å². The van der Waals surface area contributed by atoms with Crippen LogP contribution < -0.4 is 4.74 Å². The van der Waals surface area contributed by atoms with Crippen LogP contribution in [0.25, 0.3) is 5.76 Å². The molecule has 0 saturated carbocycles. The van der Waals surface area contributed by atoms with Crippen LogP contribution in [0, 0.1) is 6.92 Å². The molecule has 8 heteroatoms. The standard InChI is InChI=1S/C32H33ClN2O5/c1-22-20-26(40-21-23-6-3-2-4-7-23)12-13-27(22)30(36)28-29(24-8-10-25(33)11-9-24)35(32(38)31(28)37)15-5-14-34-16-18-39-19-17-34/h2-4,6-13,20,29,36H,5,14-19,21H2,1H3/b30-28+/t29-/m1/s1. The van der Waals surface area contributed by atoms with E-state index in [2.05, 4.69) is 4.90 Å². The number of morpholine rings is 1. The Morgan fingerprint density at radius 1 is 1.00 bits per heavy atom. The largest absolute Gasteiger partial charge is 0.507 e. The number of hydrogen-bond acceptors (Lipinski definition) is 6. The van der Waals surface area contributed by atoms with Crippen molar-refractivity contribution in [2.45, 2.75) is 26.0 Å². The van der Waals surface area contributed by atoms with Crippen LogP contribution >= 0.6 is 11.6 Å². The van der Waals surface area contributed by atoms with Gasteiger partial charge in [-0.2, -0.15) is 0 Å². The highest BCUT2D eigenvalue weighted by Crippen LogP contribution is 2.40. The van der Waals surface area contributed by atoms with Crippen molar-refractivity contribution in [2.75, 3.05) is 39.4 Å². The van der Waals surface area contributed by atoms with Gasteiger partial charge in [-0.05, 0) is 60.4 Å². The van der Waals surface area contributed by atoms with Gasteiger partial charge < -0.3 is 19.5 Å². The summed E-state index contributed by atoms with van der Waals surface area (Å²) in [6.45, 7) is 6.54. The minimum atomic E-state index is -0.713. The van der Waals surface area contributed by atoms with Crippen LogP contribution in [0.5, 0.6) is 5.75 Å². The maximum absolute atomic E-state index is 13.4. The van der Waals surface area contributed by atoms with Gasteiger partial charge in [0.25, 0.3) is 11.7 Å². The van der Waals surface area contributed by atoms with Crippen LogP contribution in [0.3, 0.4) is 0 Å². The van der Waals surface area contributed by atoms with E-state index in [-0.39, 0.29) is 11.3 Å². The van der Waals surface area contributed by atoms with Crippen molar-refractivity contribution in [3.63, 3.8) is 0 Å². The fraction of sp³-hybridized carbons (Fsp3) is 0.312. The normalized spacial score (nSPS) is 19.2. The van der Waals surface area contributed by atoms with Crippen LogP contribution in [0.15, 0.2) is 78.4 Å². The van der Waals surface area contributed by atoms with Crippen LogP contribution in [0.1, 0.15) is 34.7 Å². The minimum Gasteiger partial charge on any atom is -0.507 e. The van der Waals surface area contributed by atoms with E-state index in [0.717, 1.165) is 36.3 Å². The van der Waals surface area contributed by atoms with E-state index >= 15 is 0 Å². The highest BCUT2D eigenvalue weighted by Gasteiger charge is 2.46. The Morgan fingerprint density at radius 3 is 2.42 bits per heavy atom. The topological polar surface area (TPSA) is 79.3 Å². The molecule has 2 fully saturated rings. The molecule has 0 radical (unpaired) electrons. The molecule has 5 rings (SSSR count). The Labute approximate surface area is 239 Å². The summed E-state index contributed by atoms with van der Waals surface area (Å²) in [5.74, 6) is -0.839. The first-order valence-corrected chi connectivity index (χ1v) is 13.9. The number of ether oxygens (including phenoxy) is 2. The summed E-state index contributed by atoms with van der Waals surface area (Å²) in [5, 5.41) is 12.1. The Hall–Kier alpha value is -3.65. The lowest BCUT2D eigenvalue weighted by Gasteiger charge is -2.29. The maximum atomic E-state index is 13.4. The Bertz CT molecular complexity index is 1380. The third-order valence-corrected chi connectivity index (χ3v) is 7.66. The van der Waals surface area contributed by atoms with Crippen molar-refractivity contribution < 1.29 is 24.2 Å². The molecule has 2 aliphatic rings. The van der Waals surface area contributed by atoms with Crippen LogP contribution in [0.2, 0.25) is 5.02 Å². The van der Waals surface area contributed by atoms with E-state index in [4.69, 9.17) is 21.1 Å². The summed E-state index contributed by atoms with van der Waals surface area (Å²) in [6, 6.07) is 21.5. The number of Topliss-reactive ketones (excluding diaryl/α,β-unsaturated/α-hetero) is 1. The monoisotopic (exact) mass is 560 g/mol. The van der Waals surface area contributed by atoms with Crippen molar-refractivity contribution >= 4 is 29.1 Å². The summed E-state index contributed by atoms with van der Waals surface area (Å²) in [6.07, 6.45) is 0.698. The Kier molecular flexibility index (Phi) is 8.85. The smallest absolute Gasteiger partial charge is 0.295 e. The molecule has 1 N–H and O–H groups in total. The minimum absolute atomic E-state index is 0.0831. The van der Waals surface area contributed by atoms with Gasteiger partial charge in [0.05, 0.1) is 24.8 Å². The zero-order valence-corrected chi connectivity index (χ0v) is 23.3. The number of carbonyl (C=O) groups excluding carboxylic acids is 2. The lowest BCUT2D eigenvalue weighted by Crippen LogP contribution is -2.38. The molecule has 2 heterocycles. The van der Waals surface area contributed by atoms with Crippen LogP contribution in [0.4, 0.5) is 0 Å². The number of nitrogens with zero attached hydrogens (tertiary/aromatic N) is 2. The molecule has 0 unspecified atom stereocenters. The molecule has 1 atom stereocenters. The maximum Gasteiger partial charge on any atom is 0.295 e. The number of aryl methyl sites for hydroxylation is 1. The summed E-state index contributed by atoms with van der Waals surface area (Å²) < 4.78 is 11.4. The van der Waals surface area contributed by atoms with Gasteiger partial charge >= 0.3 is 0 Å². The molecule has 0 spiro atoms. The first kappa shape index (κ1) is 27.9. The second-order valence-corrected chi connectivity index (χ2v) is 10.5. The highest BCUT2D eigenvalue weighted by atomic mass is 35.5. The lowest BCUT2D eigenvalue weighted by molar-refractivity contribution is -0.140. The molecule has 208 valence electrons. The van der Waals surface area contributed by atoms with Gasteiger partial charge in [-0.15, -0.1) is 0 Å². The lowest BCUT2D eigenvalue weighted by atomic mass is 9.94. The van der Waals surface area contributed by atoms with E-state index in [0.29, 0.717) is 49.1 Å². The fourth-order valence-electron chi connectivity index (χ4n) is 5.27. The average Bonchev–Trinajstić information content (AvgIpc) is 3.22. The number of aliphatic hydroxyl groups is 1. The summed E-state index contributed by atoms with van der Waals surface area (Å²) in [5.41, 5.74) is 3.06. The molecule has 0 aliphatic carbocycles. The predicted molar refractivity (Wildman–Crippen MR) is 154 cm³/mol. The molecule has 1 amide bonds. The molecule has 2 saturated heterocycles. The average molecular weight is 561 g/mol. The number of benzene rings is 3. The second-order valence-electron chi connectivity index (χ2n) is 10.1. The van der Waals surface area contributed by atoms with Gasteiger partial charge in [0.15, 0.2) is 0 Å². The zero-order chi connectivity index (χ0) is 28.1. The third kappa shape index (κ3) is 6.22. The van der Waals surface area contributed by atoms with Gasteiger partial charge in [-0.25, -0.2) is 0 Å². The molecule has 40 heavy (non-hydrogen) atoms. The van der Waals surface area contributed by atoms with Gasteiger partial charge in [-0.3, -0.25) is 14.5 Å². The van der Waals surface area contributed by atoms with Gasteiger partial charge in [0.1, 0.15) is 18.1 Å². The van der Waals surface area contributed by atoms with E-state index in [1.165, 1.54) is 0 Å². The van der Waals surface area contributed by atoms with E-state index in [9.17, 15) is 14.7 Å². The van der Waals surface area contributed by atoms with Gasteiger partial charge in [-0.1, -0.05) is 54.1 Å². The molecule has 0 aromatic heterocycles. The number of hydrogen-bond donors (Lipinski definition) is 1. The SMILES string of the molecule is Cc1cc(OCc2ccccc2)ccc1/C(O)=C1\C(=O)C(=O)N(CCCN2CCOCC2)[C@@H]1c1ccc(Cl)cc1. The molecule has 2 aliphatic heterocycles. The molecule has 7 nitrogen and oxygen atoms in total. The van der Waals surface area contributed by atoms with E-state index in [1.54, 1.807) is 41.3 Å². The van der Waals surface area contributed by atoms with Crippen LogP contribution in [-0.4, -0.2) is 66.0 Å². The van der Waals surface area contributed by atoms with Crippen LogP contribution in [-0.2, 0) is 20.9 Å². The number of carbonyl (C=O) groups is 2. The molecule has 3 aromatic rings. The number of rotatable bonds is 9. The first-order chi connectivity index (χ1) is 19.4. The molecule has 3 aromatic carbocycles. The zero-order valence-electron chi connectivity index (χ0n) is 22.5. The van der Waals surface area contributed by atoms with E-state index in [1.807, 2.05) is 43.3 Å².